The molecule has 6 heteroatoms. The first-order valence-corrected chi connectivity index (χ1v) is 6.22. The van der Waals surface area contributed by atoms with Gasteiger partial charge in [-0.3, -0.25) is 19.7 Å². The predicted molar refractivity (Wildman–Crippen MR) is 70.1 cm³/mol. The van der Waals surface area contributed by atoms with Crippen LogP contribution in [0.25, 0.3) is 10.9 Å². The summed E-state index contributed by atoms with van der Waals surface area (Å²) in [6.45, 7) is 0. The third-order valence-corrected chi connectivity index (χ3v) is 3.44. The van der Waals surface area contributed by atoms with Crippen LogP contribution in [0.5, 0.6) is 0 Å². The zero-order chi connectivity index (χ0) is 14.1. The molecule has 2 heterocycles. The Morgan fingerprint density at radius 1 is 1.25 bits per heavy atom. The molecule has 1 N–H and O–H groups in total. The number of aromatic nitrogens is 2. The van der Waals surface area contributed by atoms with Crippen LogP contribution in [0.2, 0.25) is 0 Å². The van der Waals surface area contributed by atoms with E-state index in [2.05, 4.69) is 15.3 Å². The molecule has 1 aromatic carbocycles. The number of benzene rings is 1. The van der Waals surface area contributed by atoms with Gasteiger partial charge in [-0.15, -0.1) is 0 Å². The summed E-state index contributed by atoms with van der Waals surface area (Å²) in [7, 11) is 0. The zero-order valence-corrected chi connectivity index (χ0v) is 10.5. The van der Waals surface area contributed by atoms with E-state index in [1.165, 1.54) is 6.33 Å². The Balaban J connectivity index is 2.06. The van der Waals surface area contributed by atoms with Gasteiger partial charge in [0.05, 0.1) is 11.4 Å². The number of imide groups is 1. The predicted octanol–water partition coefficient (Wildman–Crippen LogP) is 0.962. The highest BCUT2D eigenvalue weighted by molar-refractivity contribution is 6.01. The van der Waals surface area contributed by atoms with Crippen molar-refractivity contribution in [3.63, 3.8) is 0 Å². The summed E-state index contributed by atoms with van der Waals surface area (Å²) in [5.74, 6) is -0.925. The van der Waals surface area contributed by atoms with Crippen molar-refractivity contribution in [1.82, 2.24) is 15.3 Å². The summed E-state index contributed by atoms with van der Waals surface area (Å²) >= 11 is 0. The van der Waals surface area contributed by atoms with Crippen LogP contribution in [-0.4, -0.2) is 28.1 Å². The SMILES string of the molecule is O=Cc1ncnc2ccc(C3CCC(=O)NC3=O)cc12. The molecule has 1 fully saturated rings. The van der Waals surface area contributed by atoms with Crippen molar-refractivity contribution in [1.29, 1.82) is 0 Å². The molecule has 2 amide bonds. The smallest absolute Gasteiger partial charge is 0.234 e. The average molecular weight is 269 g/mol. The van der Waals surface area contributed by atoms with Gasteiger partial charge < -0.3 is 0 Å². The Labute approximate surface area is 114 Å². The lowest BCUT2D eigenvalue weighted by atomic mass is 9.89. The lowest BCUT2D eigenvalue weighted by molar-refractivity contribution is -0.134. The molecular formula is C14H11N3O3. The van der Waals surface area contributed by atoms with Gasteiger partial charge in [0.25, 0.3) is 0 Å². The minimum atomic E-state index is -0.378. The molecule has 0 aliphatic carbocycles. The molecule has 1 aliphatic rings. The molecule has 1 aliphatic heterocycles. The maximum absolute atomic E-state index is 11.9. The van der Waals surface area contributed by atoms with Gasteiger partial charge in [-0.2, -0.15) is 0 Å². The molecule has 3 rings (SSSR count). The zero-order valence-electron chi connectivity index (χ0n) is 10.5. The first-order chi connectivity index (χ1) is 9.69. The second-order valence-electron chi connectivity index (χ2n) is 4.66. The molecule has 0 radical (unpaired) electrons. The van der Waals surface area contributed by atoms with Crippen LogP contribution < -0.4 is 5.32 Å². The molecule has 0 bridgehead atoms. The Morgan fingerprint density at radius 3 is 2.85 bits per heavy atom. The second kappa shape index (κ2) is 4.80. The van der Waals surface area contributed by atoms with Crippen molar-refractivity contribution in [2.75, 3.05) is 0 Å². The van der Waals surface area contributed by atoms with Crippen molar-refractivity contribution in [2.45, 2.75) is 18.8 Å². The molecule has 1 unspecified atom stereocenters. The van der Waals surface area contributed by atoms with Gasteiger partial charge in [-0.25, -0.2) is 9.97 Å². The largest absolute Gasteiger partial charge is 0.296 e. The summed E-state index contributed by atoms with van der Waals surface area (Å²) in [4.78, 5) is 42.0. The number of nitrogens with one attached hydrogen (secondary N) is 1. The summed E-state index contributed by atoms with van der Waals surface area (Å²) in [5.41, 5.74) is 1.71. The van der Waals surface area contributed by atoms with Crippen LogP contribution in [0.15, 0.2) is 24.5 Å². The van der Waals surface area contributed by atoms with Crippen LogP contribution in [0, 0.1) is 0 Å². The molecule has 6 nitrogen and oxygen atoms in total. The number of hydrogen-bond acceptors (Lipinski definition) is 5. The number of carbonyl (C=O) groups excluding carboxylic acids is 3. The number of amides is 2. The van der Waals surface area contributed by atoms with Gasteiger partial charge >= 0.3 is 0 Å². The van der Waals surface area contributed by atoms with E-state index in [-0.39, 0.29) is 17.7 Å². The fourth-order valence-corrected chi connectivity index (χ4v) is 2.42. The van der Waals surface area contributed by atoms with Crippen molar-refractivity contribution in [2.24, 2.45) is 0 Å². The number of carbonyl (C=O) groups is 3. The normalized spacial score (nSPS) is 18.9. The number of fused-ring (bicyclic) bond motifs is 1. The molecule has 1 atom stereocenters. The Kier molecular flexibility index (Phi) is 2.98. The van der Waals surface area contributed by atoms with Gasteiger partial charge in [-0.1, -0.05) is 6.07 Å². The molecule has 0 saturated carbocycles. The van der Waals surface area contributed by atoms with E-state index < -0.39 is 0 Å². The van der Waals surface area contributed by atoms with Crippen LogP contribution >= 0.6 is 0 Å². The highest BCUT2D eigenvalue weighted by Crippen LogP contribution is 2.27. The van der Waals surface area contributed by atoms with Crippen molar-refractivity contribution in [3.8, 4) is 0 Å². The fourth-order valence-electron chi connectivity index (χ4n) is 2.42. The number of nitrogens with zero attached hydrogens (tertiary/aromatic N) is 2. The summed E-state index contributed by atoms with van der Waals surface area (Å²) < 4.78 is 0. The van der Waals surface area contributed by atoms with Crippen LogP contribution in [-0.2, 0) is 9.59 Å². The summed E-state index contributed by atoms with van der Waals surface area (Å²) in [6, 6.07) is 5.30. The van der Waals surface area contributed by atoms with Gasteiger partial charge in [0.2, 0.25) is 11.8 Å². The van der Waals surface area contributed by atoms with E-state index in [1.807, 2.05) is 0 Å². The van der Waals surface area contributed by atoms with Crippen LogP contribution in [0.4, 0.5) is 0 Å². The topological polar surface area (TPSA) is 89.0 Å². The Morgan fingerprint density at radius 2 is 2.10 bits per heavy atom. The highest BCUT2D eigenvalue weighted by Gasteiger charge is 2.28. The van der Waals surface area contributed by atoms with E-state index in [4.69, 9.17) is 0 Å². The quantitative estimate of drug-likeness (QED) is 0.648. The van der Waals surface area contributed by atoms with E-state index >= 15 is 0 Å². The maximum atomic E-state index is 11.9. The molecule has 0 spiro atoms. The van der Waals surface area contributed by atoms with E-state index in [0.717, 1.165) is 5.56 Å². The molecule has 2 aromatic rings. The van der Waals surface area contributed by atoms with E-state index in [9.17, 15) is 14.4 Å². The third kappa shape index (κ3) is 2.05. The van der Waals surface area contributed by atoms with E-state index in [0.29, 0.717) is 35.7 Å². The number of hydrogen-bond donors (Lipinski definition) is 1. The fraction of sp³-hybridized carbons (Fsp3) is 0.214. The molecule has 100 valence electrons. The molecular weight excluding hydrogens is 258 g/mol. The molecule has 1 aromatic heterocycles. The van der Waals surface area contributed by atoms with E-state index in [1.54, 1.807) is 18.2 Å². The monoisotopic (exact) mass is 269 g/mol. The minimum absolute atomic E-state index is 0.246. The number of aldehydes is 1. The first kappa shape index (κ1) is 12.4. The Bertz CT molecular complexity index is 727. The lowest BCUT2D eigenvalue weighted by Gasteiger charge is -2.21. The summed E-state index contributed by atoms with van der Waals surface area (Å²) in [5, 5.41) is 2.94. The average Bonchev–Trinajstić information content (AvgIpc) is 2.46. The van der Waals surface area contributed by atoms with Gasteiger partial charge in [-0.05, 0) is 24.1 Å². The van der Waals surface area contributed by atoms with Crippen molar-refractivity contribution >= 4 is 29.0 Å². The van der Waals surface area contributed by atoms with Crippen molar-refractivity contribution < 1.29 is 14.4 Å². The number of rotatable bonds is 2. The van der Waals surface area contributed by atoms with Crippen LogP contribution in [0.1, 0.15) is 34.8 Å². The minimum Gasteiger partial charge on any atom is -0.296 e. The first-order valence-electron chi connectivity index (χ1n) is 6.22. The molecule has 20 heavy (non-hydrogen) atoms. The van der Waals surface area contributed by atoms with Gasteiger partial charge in [0, 0.05) is 11.8 Å². The van der Waals surface area contributed by atoms with Crippen LogP contribution in [0.3, 0.4) is 0 Å². The van der Waals surface area contributed by atoms with Gasteiger partial charge in [0.15, 0.2) is 6.29 Å². The molecule has 1 saturated heterocycles. The second-order valence-corrected chi connectivity index (χ2v) is 4.66. The highest BCUT2D eigenvalue weighted by atomic mass is 16.2. The standard InChI is InChI=1S/C14H11N3O3/c18-6-12-10-5-8(1-3-11(10)15-7-16-12)9-2-4-13(19)17-14(9)20/h1,3,5-7,9H,2,4H2,(H,17,19,20). The maximum Gasteiger partial charge on any atom is 0.234 e. The van der Waals surface area contributed by atoms with Crippen molar-refractivity contribution in [3.05, 3.63) is 35.8 Å². The third-order valence-electron chi connectivity index (χ3n) is 3.44. The van der Waals surface area contributed by atoms with Gasteiger partial charge in [0.1, 0.15) is 12.0 Å². The lowest BCUT2D eigenvalue weighted by Crippen LogP contribution is -2.39. The number of piperidine rings is 1. The Hall–Kier alpha value is -2.63. The summed E-state index contributed by atoms with van der Waals surface area (Å²) in [6.07, 6.45) is 2.79.